The third-order valence-corrected chi connectivity index (χ3v) is 11.9. The number of benzene rings is 3. The molecular formula is C51H62N8O8. The maximum absolute atomic E-state index is 14.8. The highest BCUT2D eigenvalue weighted by Gasteiger charge is 2.37. The van der Waals surface area contributed by atoms with Crippen molar-refractivity contribution in [1.82, 2.24) is 20.2 Å². The third-order valence-electron chi connectivity index (χ3n) is 11.9. The van der Waals surface area contributed by atoms with Crippen LogP contribution in [0.1, 0.15) is 111 Å². The summed E-state index contributed by atoms with van der Waals surface area (Å²) in [6, 6.07) is 15.3. The van der Waals surface area contributed by atoms with Crippen molar-refractivity contribution in [1.29, 1.82) is 5.26 Å². The largest absolute Gasteiger partial charge is 0.505 e. The van der Waals surface area contributed by atoms with Gasteiger partial charge in [-0.1, -0.05) is 58.0 Å². The minimum absolute atomic E-state index is 0.000302. The van der Waals surface area contributed by atoms with Gasteiger partial charge in [-0.15, -0.1) is 0 Å². The molecule has 1 aliphatic rings. The first kappa shape index (κ1) is 51.2. The normalized spacial score (nSPS) is 16.8. The summed E-state index contributed by atoms with van der Waals surface area (Å²) in [5.74, 6) is -4.66. The van der Waals surface area contributed by atoms with Crippen LogP contribution in [-0.2, 0) is 35.8 Å². The minimum Gasteiger partial charge on any atom is -0.505 e. The molecule has 3 aromatic carbocycles. The smallest absolute Gasteiger partial charge is 0.226 e. The first-order chi connectivity index (χ1) is 31.7. The van der Waals surface area contributed by atoms with Crippen LogP contribution in [0.3, 0.4) is 0 Å². The Balaban J connectivity index is 1.59. The molecule has 354 valence electrons. The summed E-state index contributed by atoms with van der Waals surface area (Å²) < 4.78 is 6.05. The number of aromatic hydroxyl groups is 1. The topological polar surface area (TPSA) is 261 Å². The van der Waals surface area contributed by atoms with Gasteiger partial charge in [0.1, 0.15) is 24.1 Å². The summed E-state index contributed by atoms with van der Waals surface area (Å²) in [4.78, 5) is 94.2. The molecule has 16 heteroatoms. The molecule has 0 aliphatic carbocycles. The first-order valence-corrected chi connectivity index (χ1v) is 22.5. The number of rotatable bonds is 15. The molecule has 67 heavy (non-hydrogen) atoms. The van der Waals surface area contributed by atoms with Crippen molar-refractivity contribution in [3.05, 3.63) is 88.2 Å². The van der Waals surface area contributed by atoms with Gasteiger partial charge in [0.2, 0.25) is 17.7 Å². The van der Waals surface area contributed by atoms with E-state index in [-0.39, 0.29) is 103 Å². The SMILES string of the molecule is CC(=O)Nc1cc2cc(c1O)-c1cc(ccc1OCCN)[C@H](N(C)C(=O)[C@H](CCN)CC(=O)c1c(C)nc(-c3ccc(C(C)(C)C)cc3)nc1C)C(=O)C[C@@H](C)C(=O)N[C@H](C(=O)CCC#N)C2. The number of carbonyl (C=O) groups excluding carboxylic acids is 6. The summed E-state index contributed by atoms with van der Waals surface area (Å²) in [5.41, 5.74) is 16.1. The van der Waals surface area contributed by atoms with Gasteiger partial charge in [-0.3, -0.25) is 28.8 Å². The van der Waals surface area contributed by atoms with Gasteiger partial charge in [0.25, 0.3) is 0 Å². The van der Waals surface area contributed by atoms with E-state index in [9.17, 15) is 39.1 Å². The van der Waals surface area contributed by atoms with Gasteiger partial charge in [0, 0.05) is 74.7 Å². The monoisotopic (exact) mass is 914 g/mol. The number of phenolic OH excluding ortho intramolecular Hbond substituents is 1. The summed E-state index contributed by atoms with van der Waals surface area (Å²) >= 11 is 0. The van der Waals surface area contributed by atoms with Crippen LogP contribution in [0.5, 0.6) is 11.5 Å². The maximum Gasteiger partial charge on any atom is 0.226 e. The number of ether oxygens (including phenoxy) is 1. The number of ketones is 3. The molecule has 4 bridgehead atoms. The number of hydrogen-bond donors (Lipinski definition) is 5. The quantitative estimate of drug-likeness (QED) is 0.0681. The second-order valence-corrected chi connectivity index (χ2v) is 18.2. The van der Waals surface area contributed by atoms with Gasteiger partial charge < -0.3 is 36.8 Å². The number of nitriles is 1. The number of aryl methyl sites for hydroxylation is 2. The van der Waals surface area contributed by atoms with E-state index in [0.29, 0.717) is 28.3 Å². The van der Waals surface area contributed by atoms with Crippen LogP contribution < -0.4 is 26.8 Å². The number of aromatic nitrogens is 2. The van der Waals surface area contributed by atoms with E-state index in [2.05, 4.69) is 31.4 Å². The van der Waals surface area contributed by atoms with E-state index >= 15 is 0 Å². The van der Waals surface area contributed by atoms with Gasteiger partial charge in [-0.05, 0) is 79.6 Å². The fourth-order valence-corrected chi connectivity index (χ4v) is 8.43. The lowest BCUT2D eigenvalue weighted by Crippen LogP contribution is -2.46. The standard InChI is InChI=1S/C51H62N8O8/c1-28-22-43(63)46(59(8)50(66)35(17-19-53)27-42(62)45-29(2)55-48(56-30(45)3)33-11-14-36(15-12-33)51(5,6)7)34-13-16-44(67-21-20-54)37(26-34)38-23-32(25-40(47(38)64)57-31(4)60)24-39(58-49(28)65)41(61)10-9-18-52/h11-16,23,25-26,28,35,39,46,64H,9-10,17,19-22,24,27,53-54H2,1-8H3,(H,57,60)(H,58,65)/t28-,35-,39+,46+/m1/s1. The Hall–Kier alpha value is -6.83. The van der Waals surface area contributed by atoms with Gasteiger partial charge >= 0.3 is 0 Å². The summed E-state index contributed by atoms with van der Waals surface area (Å²) in [5, 5.41) is 26.4. The Kier molecular flexibility index (Phi) is 16.9. The van der Waals surface area contributed by atoms with Crippen LogP contribution in [0.4, 0.5) is 5.69 Å². The van der Waals surface area contributed by atoms with Crippen LogP contribution >= 0.6 is 0 Å². The van der Waals surface area contributed by atoms with Crippen LogP contribution in [0.2, 0.25) is 0 Å². The van der Waals surface area contributed by atoms with Crippen LogP contribution in [0.25, 0.3) is 22.5 Å². The van der Waals surface area contributed by atoms with Crippen molar-refractivity contribution >= 4 is 40.8 Å². The Morgan fingerprint density at radius 2 is 1.66 bits per heavy atom. The van der Waals surface area contributed by atoms with Crippen molar-refractivity contribution in [2.75, 3.05) is 32.1 Å². The van der Waals surface area contributed by atoms with E-state index in [0.717, 1.165) is 11.1 Å². The molecule has 2 heterocycles. The maximum atomic E-state index is 14.8. The highest BCUT2D eigenvalue weighted by Crippen LogP contribution is 2.43. The van der Waals surface area contributed by atoms with Crippen molar-refractivity contribution in [2.24, 2.45) is 23.3 Å². The number of carbonyl (C=O) groups is 6. The number of anilines is 1. The highest BCUT2D eigenvalue weighted by atomic mass is 16.5. The molecule has 0 fully saturated rings. The highest BCUT2D eigenvalue weighted by molar-refractivity contribution is 6.01. The molecule has 0 saturated heterocycles. The van der Waals surface area contributed by atoms with Crippen molar-refractivity contribution in [3.8, 4) is 40.1 Å². The lowest BCUT2D eigenvalue weighted by Gasteiger charge is -2.32. The molecule has 0 radical (unpaired) electrons. The average molecular weight is 915 g/mol. The lowest BCUT2D eigenvalue weighted by atomic mass is 9.86. The minimum atomic E-state index is -1.34. The van der Waals surface area contributed by atoms with Crippen LogP contribution in [0.15, 0.2) is 54.6 Å². The molecule has 0 spiro atoms. The Morgan fingerprint density at radius 3 is 2.25 bits per heavy atom. The Labute approximate surface area is 391 Å². The molecule has 4 aromatic rings. The van der Waals surface area contributed by atoms with E-state index < -0.39 is 53.2 Å². The zero-order valence-corrected chi connectivity index (χ0v) is 39.6. The number of hydrogen-bond acceptors (Lipinski definition) is 13. The fraction of sp³-hybridized carbons (Fsp3) is 0.431. The van der Waals surface area contributed by atoms with E-state index in [1.54, 1.807) is 38.1 Å². The second kappa shape index (κ2) is 22.1. The molecule has 0 unspecified atom stereocenters. The van der Waals surface area contributed by atoms with Gasteiger partial charge in [0.15, 0.2) is 23.2 Å². The van der Waals surface area contributed by atoms with Crippen molar-refractivity contribution < 1.29 is 38.6 Å². The Bertz CT molecular complexity index is 2560. The van der Waals surface area contributed by atoms with Crippen molar-refractivity contribution in [2.45, 2.75) is 104 Å². The van der Waals surface area contributed by atoms with Gasteiger partial charge in [0.05, 0.1) is 34.7 Å². The van der Waals surface area contributed by atoms with E-state index in [1.165, 1.54) is 31.9 Å². The average Bonchev–Trinajstić information content (AvgIpc) is 3.27. The lowest BCUT2D eigenvalue weighted by molar-refractivity contribution is -0.142. The number of nitrogens with two attached hydrogens (primary N) is 2. The predicted octanol–water partition coefficient (Wildman–Crippen LogP) is 5.97. The number of fused-ring (bicyclic) bond motifs is 5. The molecule has 4 atom stereocenters. The Morgan fingerprint density at radius 1 is 0.985 bits per heavy atom. The first-order valence-electron chi connectivity index (χ1n) is 22.5. The molecule has 1 aromatic heterocycles. The van der Waals surface area contributed by atoms with E-state index in [1.807, 2.05) is 30.3 Å². The van der Waals surface area contributed by atoms with E-state index in [4.69, 9.17) is 26.2 Å². The number of phenols is 1. The third kappa shape index (κ3) is 12.3. The van der Waals surface area contributed by atoms with Crippen LogP contribution in [0, 0.1) is 37.0 Å². The summed E-state index contributed by atoms with van der Waals surface area (Å²) in [7, 11) is 1.45. The molecule has 3 amide bonds. The number of Topliss-reactive ketones (excluding diaryl/α,β-unsaturated/α-hetero) is 3. The molecular weight excluding hydrogens is 853 g/mol. The molecule has 1 aliphatic heterocycles. The molecule has 0 saturated carbocycles. The second-order valence-electron chi connectivity index (χ2n) is 18.2. The zero-order valence-electron chi connectivity index (χ0n) is 39.6. The van der Waals surface area contributed by atoms with Crippen LogP contribution in [-0.4, -0.2) is 87.8 Å². The fourth-order valence-electron chi connectivity index (χ4n) is 8.43. The number of nitrogens with zero attached hydrogens (tertiary/aromatic N) is 4. The van der Waals surface area contributed by atoms with Crippen molar-refractivity contribution in [3.63, 3.8) is 0 Å². The molecule has 5 rings (SSSR count). The van der Waals surface area contributed by atoms with Gasteiger partial charge in [-0.2, -0.15) is 5.26 Å². The molecule has 16 nitrogen and oxygen atoms in total. The number of likely N-dealkylation sites (N-methyl/N-ethyl adjacent to an activating group) is 1. The number of nitrogens with one attached hydrogen (secondary N) is 2. The number of amides is 3. The summed E-state index contributed by atoms with van der Waals surface area (Å²) in [6.07, 6.45) is -0.887. The molecule has 7 N–H and O–H groups in total. The zero-order chi connectivity index (χ0) is 49.3. The van der Waals surface area contributed by atoms with Gasteiger partial charge in [-0.25, -0.2) is 9.97 Å². The predicted molar refractivity (Wildman–Crippen MR) is 254 cm³/mol. The summed E-state index contributed by atoms with van der Waals surface area (Å²) in [6.45, 7) is 12.9.